The monoisotopic (exact) mass is 286 g/mol. The van der Waals surface area contributed by atoms with Crippen molar-refractivity contribution >= 4 is 11.6 Å². The van der Waals surface area contributed by atoms with Crippen molar-refractivity contribution in [3.8, 4) is 5.69 Å². The molecule has 3 rings (SSSR count). The number of nitrogens with zero attached hydrogens (tertiary/aromatic N) is 3. The van der Waals surface area contributed by atoms with Crippen molar-refractivity contribution < 1.29 is 9.53 Å². The van der Waals surface area contributed by atoms with E-state index in [2.05, 4.69) is 5.10 Å². The Labute approximate surface area is 123 Å². The number of carbonyl (C=O) groups excluding carboxylic acids is 1. The van der Waals surface area contributed by atoms with Crippen LogP contribution in [0.25, 0.3) is 5.69 Å². The Bertz CT molecular complexity index is 629. The van der Waals surface area contributed by atoms with Gasteiger partial charge >= 0.3 is 0 Å². The molecule has 0 bridgehead atoms. The molecule has 110 valence electrons. The molecule has 21 heavy (non-hydrogen) atoms. The SMILES string of the molecule is CN(C(=O)c1ccn(-c2ccc(N)cc2)n1)C1CCOC1. The number of hydrogen-bond acceptors (Lipinski definition) is 4. The topological polar surface area (TPSA) is 73.4 Å². The molecule has 2 aromatic rings. The molecule has 2 heterocycles. The van der Waals surface area contributed by atoms with Gasteiger partial charge < -0.3 is 15.4 Å². The van der Waals surface area contributed by atoms with Crippen LogP contribution in [0.1, 0.15) is 16.9 Å². The Balaban J connectivity index is 1.77. The molecule has 1 amide bonds. The summed E-state index contributed by atoms with van der Waals surface area (Å²) in [6.07, 6.45) is 2.65. The molecule has 1 aliphatic heterocycles. The molecule has 1 unspecified atom stereocenters. The number of amides is 1. The fourth-order valence-corrected chi connectivity index (χ4v) is 2.38. The van der Waals surface area contributed by atoms with E-state index in [0.29, 0.717) is 24.6 Å². The summed E-state index contributed by atoms with van der Waals surface area (Å²) in [7, 11) is 1.80. The van der Waals surface area contributed by atoms with E-state index in [9.17, 15) is 4.79 Å². The lowest BCUT2D eigenvalue weighted by Gasteiger charge is -2.21. The van der Waals surface area contributed by atoms with Gasteiger partial charge in [-0.15, -0.1) is 0 Å². The van der Waals surface area contributed by atoms with Crippen molar-refractivity contribution in [3.63, 3.8) is 0 Å². The van der Waals surface area contributed by atoms with E-state index in [0.717, 1.165) is 12.1 Å². The first-order valence-corrected chi connectivity index (χ1v) is 6.91. The number of ether oxygens (including phenoxy) is 1. The van der Waals surface area contributed by atoms with E-state index in [1.807, 2.05) is 12.1 Å². The van der Waals surface area contributed by atoms with Crippen molar-refractivity contribution in [2.24, 2.45) is 0 Å². The van der Waals surface area contributed by atoms with Crippen LogP contribution in [0, 0.1) is 0 Å². The van der Waals surface area contributed by atoms with E-state index in [-0.39, 0.29) is 11.9 Å². The average Bonchev–Trinajstić information content (AvgIpc) is 3.18. The predicted octanol–water partition coefficient (Wildman–Crippen LogP) is 1.32. The summed E-state index contributed by atoms with van der Waals surface area (Å²) in [4.78, 5) is 14.1. The lowest BCUT2D eigenvalue weighted by molar-refractivity contribution is 0.0705. The number of nitrogen functional groups attached to an aromatic ring is 1. The van der Waals surface area contributed by atoms with Crippen molar-refractivity contribution in [1.29, 1.82) is 0 Å². The third-order valence-corrected chi connectivity index (χ3v) is 3.74. The molecule has 0 saturated carbocycles. The zero-order chi connectivity index (χ0) is 14.8. The van der Waals surface area contributed by atoms with Gasteiger partial charge in [-0.1, -0.05) is 0 Å². The van der Waals surface area contributed by atoms with Crippen molar-refractivity contribution in [2.45, 2.75) is 12.5 Å². The molecule has 6 nitrogen and oxygen atoms in total. The second kappa shape index (κ2) is 5.57. The molecular weight excluding hydrogens is 268 g/mol. The maximum Gasteiger partial charge on any atom is 0.274 e. The minimum atomic E-state index is -0.0836. The van der Waals surface area contributed by atoms with E-state index >= 15 is 0 Å². The highest BCUT2D eigenvalue weighted by Gasteiger charge is 2.26. The molecule has 0 aliphatic carbocycles. The van der Waals surface area contributed by atoms with Crippen molar-refractivity contribution in [2.75, 3.05) is 26.0 Å². The molecule has 1 fully saturated rings. The molecule has 1 aromatic carbocycles. The second-order valence-corrected chi connectivity index (χ2v) is 5.17. The summed E-state index contributed by atoms with van der Waals surface area (Å²) < 4.78 is 6.99. The van der Waals surface area contributed by atoms with Crippen LogP contribution in [0.5, 0.6) is 0 Å². The standard InChI is InChI=1S/C15H18N4O2/c1-18(13-7-9-21-10-13)15(20)14-6-8-19(17-14)12-4-2-11(16)3-5-12/h2-6,8,13H,7,9-10,16H2,1H3. The summed E-state index contributed by atoms with van der Waals surface area (Å²) in [5.41, 5.74) is 7.66. The number of likely N-dealkylation sites (N-methyl/N-ethyl adjacent to an activating group) is 1. The Morgan fingerprint density at radius 3 is 2.81 bits per heavy atom. The molecular formula is C15H18N4O2. The van der Waals surface area contributed by atoms with Gasteiger partial charge in [0, 0.05) is 25.5 Å². The highest BCUT2D eigenvalue weighted by atomic mass is 16.5. The largest absolute Gasteiger partial charge is 0.399 e. The summed E-state index contributed by atoms with van der Waals surface area (Å²) in [6.45, 7) is 1.31. The van der Waals surface area contributed by atoms with Gasteiger partial charge in [0.1, 0.15) is 0 Å². The maximum absolute atomic E-state index is 12.4. The Morgan fingerprint density at radius 2 is 2.14 bits per heavy atom. The van der Waals surface area contributed by atoms with Crippen molar-refractivity contribution in [1.82, 2.24) is 14.7 Å². The third kappa shape index (κ3) is 2.75. The van der Waals surface area contributed by atoms with E-state index < -0.39 is 0 Å². The summed E-state index contributed by atoms with van der Waals surface area (Å²) >= 11 is 0. The van der Waals surface area contributed by atoms with Gasteiger partial charge in [0.05, 0.1) is 18.3 Å². The van der Waals surface area contributed by atoms with E-state index in [1.54, 1.807) is 41.0 Å². The van der Waals surface area contributed by atoms with Crippen LogP contribution in [0.2, 0.25) is 0 Å². The molecule has 1 aromatic heterocycles. The van der Waals surface area contributed by atoms with E-state index in [1.165, 1.54) is 0 Å². The van der Waals surface area contributed by atoms with Crippen molar-refractivity contribution in [3.05, 3.63) is 42.2 Å². The van der Waals surface area contributed by atoms with Crippen LogP contribution < -0.4 is 5.73 Å². The second-order valence-electron chi connectivity index (χ2n) is 5.17. The maximum atomic E-state index is 12.4. The first kappa shape index (κ1) is 13.6. The zero-order valence-electron chi connectivity index (χ0n) is 11.9. The highest BCUT2D eigenvalue weighted by Crippen LogP contribution is 2.15. The number of hydrogen-bond donors (Lipinski definition) is 1. The van der Waals surface area contributed by atoms with Gasteiger partial charge in [-0.25, -0.2) is 4.68 Å². The fourth-order valence-electron chi connectivity index (χ4n) is 2.38. The van der Waals surface area contributed by atoms with Crippen LogP contribution >= 0.6 is 0 Å². The van der Waals surface area contributed by atoms with Gasteiger partial charge in [-0.2, -0.15) is 5.10 Å². The molecule has 0 spiro atoms. The number of rotatable bonds is 3. The van der Waals surface area contributed by atoms with Crippen LogP contribution in [-0.4, -0.2) is 46.9 Å². The van der Waals surface area contributed by atoms with Crippen LogP contribution in [0.3, 0.4) is 0 Å². The predicted molar refractivity (Wildman–Crippen MR) is 79.3 cm³/mol. The van der Waals surface area contributed by atoms with Gasteiger partial charge in [0.25, 0.3) is 5.91 Å². The molecule has 2 N–H and O–H groups in total. The van der Waals surface area contributed by atoms with Crippen LogP contribution in [0.4, 0.5) is 5.69 Å². The lowest BCUT2D eigenvalue weighted by atomic mass is 10.2. The van der Waals surface area contributed by atoms with Gasteiger partial charge in [0.15, 0.2) is 5.69 Å². The summed E-state index contributed by atoms with van der Waals surface area (Å²) in [5, 5.41) is 4.35. The average molecular weight is 286 g/mol. The quantitative estimate of drug-likeness (QED) is 0.864. The Hall–Kier alpha value is -2.34. The van der Waals surface area contributed by atoms with Gasteiger partial charge in [-0.05, 0) is 36.8 Å². The summed E-state index contributed by atoms with van der Waals surface area (Å²) in [6, 6.07) is 9.21. The van der Waals surface area contributed by atoms with Crippen LogP contribution in [-0.2, 0) is 4.74 Å². The lowest BCUT2D eigenvalue weighted by Crippen LogP contribution is -2.37. The van der Waals surface area contributed by atoms with Gasteiger partial charge in [0.2, 0.25) is 0 Å². The number of anilines is 1. The molecule has 1 aliphatic rings. The fraction of sp³-hybridized carbons (Fsp3) is 0.333. The Kier molecular flexibility index (Phi) is 3.62. The molecule has 1 saturated heterocycles. The van der Waals surface area contributed by atoms with Crippen LogP contribution in [0.15, 0.2) is 36.5 Å². The molecule has 0 radical (unpaired) electrons. The number of aromatic nitrogens is 2. The van der Waals surface area contributed by atoms with Gasteiger partial charge in [-0.3, -0.25) is 4.79 Å². The first-order chi connectivity index (χ1) is 10.1. The highest BCUT2D eigenvalue weighted by molar-refractivity contribution is 5.92. The molecule has 1 atom stereocenters. The molecule has 6 heteroatoms. The summed E-state index contributed by atoms with van der Waals surface area (Å²) in [5.74, 6) is -0.0836. The minimum absolute atomic E-state index is 0.0836. The minimum Gasteiger partial charge on any atom is -0.399 e. The Morgan fingerprint density at radius 1 is 1.38 bits per heavy atom. The number of benzene rings is 1. The smallest absolute Gasteiger partial charge is 0.274 e. The third-order valence-electron chi connectivity index (χ3n) is 3.74. The number of nitrogens with two attached hydrogens (primary N) is 1. The first-order valence-electron chi connectivity index (χ1n) is 6.91. The zero-order valence-corrected chi connectivity index (χ0v) is 11.9. The number of carbonyl (C=O) groups is 1. The van der Waals surface area contributed by atoms with E-state index in [4.69, 9.17) is 10.5 Å². The normalized spacial score (nSPS) is 17.9.